The molecule has 2 N–H and O–H groups in total. The lowest BCUT2D eigenvalue weighted by Gasteiger charge is -2.11. The first-order valence-corrected chi connectivity index (χ1v) is 9.99. The number of thiophene rings is 1. The van der Waals surface area contributed by atoms with E-state index in [2.05, 4.69) is 15.7 Å². The minimum atomic E-state index is -0.522. The molecule has 0 aliphatic heterocycles. The van der Waals surface area contributed by atoms with Crippen molar-refractivity contribution in [2.45, 2.75) is 34.6 Å². The average Bonchev–Trinajstić information content (AvgIpc) is 3.06. The quantitative estimate of drug-likeness (QED) is 0.537. The minimum Gasteiger partial charge on any atom is -0.462 e. The molecule has 0 atom stereocenters. The SMILES string of the molecule is CCOC(=O)c1sc(NC(=S)Nc2c(C)nn(C)c2C)c(C(=O)OCC)c1C. The van der Waals surface area contributed by atoms with E-state index in [1.807, 2.05) is 20.9 Å². The van der Waals surface area contributed by atoms with Crippen LogP contribution < -0.4 is 10.6 Å². The second kappa shape index (κ2) is 9.16. The van der Waals surface area contributed by atoms with Crippen molar-refractivity contribution in [2.24, 2.45) is 7.05 Å². The number of rotatable bonds is 6. The first-order chi connectivity index (χ1) is 13.2. The smallest absolute Gasteiger partial charge is 0.348 e. The average molecular weight is 425 g/mol. The highest BCUT2D eigenvalue weighted by Crippen LogP contribution is 2.34. The van der Waals surface area contributed by atoms with Crippen molar-refractivity contribution in [1.82, 2.24) is 9.78 Å². The summed E-state index contributed by atoms with van der Waals surface area (Å²) < 4.78 is 12.0. The standard InChI is InChI=1S/C18H24N4O4S2/c1-7-25-16(23)12-9(3)14(17(24)26-8-2)28-15(12)20-18(27)19-13-10(4)21-22(6)11(13)5/h7-8H2,1-6H3,(H2,19,20,27). The van der Waals surface area contributed by atoms with Gasteiger partial charge < -0.3 is 20.1 Å². The molecule has 2 heterocycles. The monoisotopic (exact) mass is 424 g/mol. The zero-order valence-electron chi connectivity index (χ0n) is 16.8. The molecule has 0 aliphatic carbocycles. The fourth-order valence-corrected chi connectivity index (χ4v) is 4.01. The van der Waals surface area contributed by atoms with Crippen LogP contribution in [0.2, 0.25) is 0 Å². The van der Waals surface area contributed by atoms with Gasteiger partial charge in [0.05, 0.1) is 35.9 Å². The molecule has 0 spiro atoms. The number of esters is 2. The predicted molar refractivity (Wildman–Crippen MR) is 113 cm³/mol. The Bertz CT molecular complexity index is 917. The van der Waals surface area contributed by atoms with Gasteiger partial charge in [0.1, 0.15) is 9.88 Å². The number of thiocarbonyl (C=S) groups is 1. The lowest BCUT2D eigenvalue weighted by atomic mass is 10.1. The van der Waals surface area contributed by atoms with Gasteiger partial charge in [0.25, 0.3) is 0 Å². The molecule has 2 aromatic rings. The fraction of sp³-hybridized carbons (Fsp3) is 0.444. The van der Waals surface area contributed by atoms with E-state index >= 15 is 0 Å². The molecular formula is C18H24N4O4S2. The number of carbonyl (C=O) groups is 2. The summed E-state index contributed by atoms with van der Waals surface area (Å²) in [5.41, 5.74) is 3.28. The van der Waals surface area contributed by atoms with Crippen LogP contribution in [0.3, 0.4) is 0 Å². The molecule has 8 nitrogen and oxygen atoms in total. The molecule has 152 valence electrons. The second-order valence-corrected chi connectivity index (χ2v) is 7.38. The number of aromatic nitrogens is 2. The maximum Gasteiger partial charge on any atom is 0.348 e. The summed E-state index contributed by atoms with van der Waals surface area (Å²) in [6, 6.07) is 0. The number of hydrogen-bond acceptors (Lipinski definition) is 7. The highest BCUT2D eigenvalue weighted by molar-refractivity contribution is 7.80. The Morgan fingerprint density at radius 3 is 2.25 bits per heavy atom. The van der Waals surface area contributed by atoms with Crippen molar-refractivity contribution in [1.29, 1.82) is 0 Å². The molecule has 0 aliphatic rings. The molecule has 0 bridgehead atoms. The van der Waals surface area contributed by atoms with Crippen LogP contribution in [0.15, 0.2) is 0 Å². The van der Waals surface area contributed by atoms with Crippen LogP contribution in [0.1, 0.15) is 50.8 Å². The first-order valence-electron chi connectivity index (χ1n) is 8.76. The highest BCUT2D eigenvalue weighted by atomic mass is 32.1. The summed E-state index contributed by atoms with van der Waals surface area (Å²) in [6.45, 7) is 9.39. The molecule has 0 fully saturated rings. The Labute approximate surface area is 173 Å². The van der Waals surface area contributed by atoms with E-state index in [1.54, 1.807) is 25.5 Å². The van der Waals surface area contributed by atoms with Crippen LogP contribution in [-0.4, -0.2) is 40.0 Å². The van der Waals surface area contributed by atoms with Gasteiger partial charge in [0.15, 0.2) is 5.11 Å². The van der Waals surface area contributed by atoms with E-state index < -0.39 is 11.9 Å². The molecular weight excluding hydrogens is 400 g/mol. The molecule has 0 amide bonds. The van der Waals surface area contributed by atoms with Crippen LogP contribution in [-0.2, 0) is 16.5 Å². The van der Waals surface area contributed by atoms with Crippen molar-refractivity contribution >= 4 is 51.3 Å². The molecule has 28 heavy (non-hydrogen) atoms. The van der Waals surface area contributed by atoms with E-state index in [0.717, 1.165) is 28.4 Å². The van der Waals surface area contributed by atoms with Crippen LogP contribution in [0.4, 0.5) is 10.7 Å². The lowest BCUT2D eigenvalue weighted by Crippen LogP contribution is -2.21. The Balaban J connectivity index is 2.34. The van der Waals surface area contributed by atoms with Crippen molar-refractivity contribution < 1.29 is 19.1 Å². The lowest BCUT2D eigenvalue weighted by molar-refractivity contribution is 0.0527. The van der Waals surface area contributed by atoms with Gasteiger partial charge in [-0.25, -0.2) is 9.59 Å². The zero-order valence-corrected chi connectivity index (χ0v) is 18.4. The first kappa shape index (κ1) is 21.8. The number of hydrogen-bond donors (Lipinski definition) is 2. The summed E-state index contributed by atoms with van der Waals surface area (Å²) in [4.78, 5) is 25.0. The maximum absolute atomic E-state index is 12.4. The highest BCUT2D eigenvalue weighted by Gasteiger charge is 2.27. The Morgan fingerprint density at radius 2 is 1.71 bits per heavy atom. The van der Waals surface area contributed by atoms with Crippen LogP contribution in [0.25, 0.3) is 0 Å². The Kier molecular flexibility index (Phi) is 7.14. The summed E-state index contributed by atoms with van der Waals surface area (Å²) in [5, 5.41) is 11.2. The number of nitrogens with zero attached hydrogens (tertiary/aromatic N) is 2. The van der Waals surface area contributed by atoms with Crippen LogP contribution >= 0.6 is 23.6 Å². The third-order valence-electron chi connectivity index (χ3n) is 4.06. The Morgan fingerprint density at radius 1 is 1.11 bits per heavy atom. The van der Waals surface area contributed by atoms with Crippen molar-refractivity contribution in [2.75, 3.05) is 23.8 Å². The summed E-state index contributed by atoms with van der Waals surface area (Å²) in [7, 11) is 1.84. The molecule has 0 saturated carbocycles. The van der Waals surface area contributed by atoms with Gasteiger partial charge in [-0.15, -0.1) is 11.3 Å². The summed E-state index contributed by atoms with van der Waals surface area (Å²) in [6.07, 6.45) is 0. The molecule has 0 saturated heterocycles. The number of nitrogens with one attached hydrogen (secondary N) is 2. The number of ether oxygens (including phenoxy) is 2. The third-order valence-corrected chi connectivity index (χ3v) is 5.45. The van der Waals surface area contributed by atoms with E-state index in [-0.39, 0.29) is 23.9 Å². The zero-order chi connectivity index (χ0) is 21.0. The van der Waals surface area contributed by atoms with Crippen molar-refractivity contribution in [3.8, 4) is 0 Å². The van der Waals surface area contributed by atoms with Gasteiger partial charge in [-0.1, -0.05) is 0 Å². The van der Waals surface area contributed by atoms with Crippen molar-refractivity contribution in [3.05, 3.63) is 27.4 Å². The van der Waals surface area contributed by atoms with Crippen LogP contribution in [0, 0.1) is 20.8 Å². The van der Waals surface area contributed by atoms with Gasteiger partial charge in [-0.2, -0.15) is 5.10 Å². The number of aryl methyl sites for hydroxylation is 2. The van der Waals surface area contributed by atoms with Gasteiger partial charge in [-0.05, 0) is 52.4 Å². The normalized spacial score (nSPS) is 10.5. The Hall–Kier alpha value is -2.46. The van der Waals surface area contributed by atoms with Crippen LogP contribution in [0.5, 0.6) is 0 Å². The summed E-state index contributed by atoms with van der Waals surface area (Å²) in [5.74, 6) is -1.01. The van der Waals surface area contributed by atoms with E-state index in [1.165, 1.54) is 0 Å². The number of anilines is 2. The molecule has 10 heteroatoms. The van der Waals surface area contributed by atoms with E-state index in [0.29, 0.717) is 15.4 Å². The second-order valence-electron chi connectivity index (χ2n) is 5.95. The largest absolute Gasteiger partial charge is 0.462 e. The number of carbonyl (C=O) groups excluding carboxylic acids is 2. The van der Waals surface area contributed by atoms with Crippen molar-refractivity contribution in [3.63, 3.8) is 0 Å². The molecule has 2 aromatic heterocycles. The fourth-order valence-electron chi connectivity index (χ4n) is 2.64. The summed E-state index contributed by atoms with van der Waals surface area (Å²) >= 11 is 6.51. The van der Waals surface area contributed by atoms with Gasteiger partial charge in [-0.3, -0.25) is 4.68 Å². The van der Waals surface area contributed by atoms with E-state index in [4.69, 9.17) is 21.7 Å². The van der Waals surface area contributed by atoms with Gasteiger partial charge in [0, 0.05) is 7.05 Å². The minimum absolute atomic E-state index is 0.221. The molecule has 0 unspecified atom stereocenters. The topological polar surface area (TPSA) is 94.5 Å². The molecule has 2 rings (SSSR count). The third kappa shape index (κ3) is 4.50. The molecule has 0 aromatic carbocycles. The van der Waals surface area contributed by atoms with Gasteiger partial charge >= 0.3 is 11.9 Å². The van der Waals surface area contributed by atoms with Gasteiger partial charge in [0.2, 0.25) is 0 Å². The predicted octanol–water partition coefficient (Wildman–Crippen LogP) is 3.57. The maximum atomic E-state index is 12.4. The molecule has 0 radical (unpaired) electrons. The van der Waals surface area contributed by atoms with E-state index in [9.17, 15) is 9.59 Å².